The first-order valence-electron chi connectivity index (χ1n) is 7.44. The fourth-order valence-electron chi connectivity index (χ4n) is 2.90. The van der Waals surface area contributed by atoms with Crippen LogP contribution in [0.1, 0.15) is 25.7 Å². The zero-order valence-electron chi connectivity index (χ0n) is 11.5. The van der Waals surface area contributed by atoms with Crippen LogP contribution in [0.3, 0.4) is 0 Å². The largest absolute Gasteiger partial charge is 0.367 e. The molecular formula is C14H20N4O2. The monoisotopic (exact) mass is 276 g/mol. The third kappa shape index (κ3) is 2.45. The van der Waals surface area contributed by atoms with Crippen molar-refractivity contribution in [2.24, 2.45) is 0 Å². The molecule has 1 aromatic rings. The standard InChI is InChI=1S/C14H20N4O2/c1-2-11(1)17-12-9-13(16-10-15-12)18-5-3-14(4-6-18)19-7-8-20-14/h9-11H,1-8H2,(H,15,16,17). The molecule has 0 aromatic carbocycles. The van der Waals surface area contributed by atoms with Crippen LogP contribution in [0.2, 0.25) is 0 Å². The summed E-state index contributed by atoms with van der Waals surface area (Å²) in [5.41, 5.74) is 0. The van der Waals surface area contributed by atoms with Gasteiger partial charge in [-0.1, -0.05) is 0 Å². The maximum Gasteiger partial charge on any atom is 0.171 e. The minimum atomic E-state index is -0.321. The normalized spacial score (nSPS) is 25.1. The lowest BCUT2D eigenvalue weighted by Gasteiger charge is -2.38. The van der Waals surface area contributed by atoms with E-state index in [0.29, 0.717) is 6.04 Å². The van der Waals surface area contributed by atoms with E-state index in [1.165, 1.54) is 12.8 Å². The van der Waals surface area contributed by atoms with Crippen molar-refractivity contribution in [3.8, 4) is 0 Å². The molecule has 4 rings (SSSR count). The van der Waals surface area contributed by atoms with Gasteiger partial charge < -0.3 is 19.7 Å². The maximum absolute atomic E-state index is 5.76. The van der Waals surface area contributed by atoms with Gasteiger partial charge in [-0.15, -0.1) is 0 Å². The first-order valence-corrected chi connectivity index (χ1v) is 7.44. The molecule has 1 N–H and O–H groups in total. The highest BCUT2D eigenvalue weighted by atomic mass is 16.7. The predicted octanol–water partition coefficient (Wildman–Crippen LogP) is 1.39. The Labute approximate surface area is 118 Å². The summed E-state index contributed by atoms with van der Waals surface area (Å²) in [6.45, 7) is 3.28. The average molecular weight is 276 g/mol. The summed E-state index contributed by atoms with van der Waals surface area (Å²) >= 11 is 0. The number of rotatable bonds is 3. The number of anilines is 2. The first-order chi connectivity index (χ1) is 9.83. The molecule has 1 aliphatic carbocycles. The minimum Gasteiger partial charge on any atom is -0.367 e. The zero-order chi connectivity index (χ0) is 13.4. The molecule has 2 aliphatic heterocycles. The summed E-state index contributed by atoms with van der Waals surface area (Å²) in [4.78, 5) is 11.0. The van der Waals surface area contributed by atoms with E-state index < -0.39 is 0 Å². The summed E-state index contributed by atoms with van der Waals surface area (Å²) in [5, 5.41) is 3.42. The molecule has 3 fully saturated rings. The number of nitrogens with zero attached hydrogens (tertiary/aromatic N) is 3. The second-order valence-electron chi connectivity index (χ2n) is 5.77. The van der Waals surface area contributed by atoms with Gasteiger partial charge in [-0.05, 0) is 12.8 Å². The van der Waals surface area contributed by atoms with Crippen molar-refractivity contribution in [1.82, 2.24) is 9.97 Å². The van der Waals surface area contributed by atoms with Crippen molar-refractivity contribution < 1.29 is 9.47 Å². The van der Waals surface area contributed by atoms with Crippen molar-refractivity contribution in [1.29, 1.82) is 0 Å². The highest BCUT2D eigenvalue weighted by Crippen LogP contribution is 2.33. The number of hydrogen-bond acceptors (Lipinski definition) is 6. The van der Waals surface area contributed by atoms with E-state index in [2.05, 4.69) is 20.2 Å². The molecule has 0 atom stereocenters. The molecule has 1 aromatic heterocycles. The summed E-state index contributed by atoms with van der Waals surface area (Å²) in [6.07, 6.45) is 5.96. The van der Waals surface area contributed by atoms with Gasteiger partial charge in [0.1, 0.15) is 18.0 Å². The van der Waals surface area contributed by atoms with Crippen molar-refractivity contribution in [3.63, 3.8) is 0 Å². The van der Waals surface area contributed by atoms with Crippen LogP contribution in [0, 0.1) is 0 Å². The molecule has 2 saturated heterocycles. The van der Waals surface area contributed by atoms with Crippen LogP contribution in [-0.2, 0) is 9.47 Å². The molecule has 3 aliphatic rings. The Morgan fingerprint density at radius 3 is 2.60 bits per heavy atom. The van der Waals surface area contributed by atoms with Crippen LogP contribution >= 0.6 is 0 Å². The molecule has 6 nitrogen and oxygen atoms in total. The lowest BCUT2D eigenvalue weighted by molar-refractivity contribution is -0.169. The van der Waals surface area contributed by atoms with Crippen LogP contribution in [0.4, 0.5) is 11.6 Å². The Morgan fingerprint density at radius 2 is 1.90 bits per heavy atom. The lowest BCUT2D eigenvalue weighted by atomic mass is 10.0. The number of hydrogen-bond donors (Lipinski definition) is 1. The van der Waals surface area contributed by atoms with Gasteiger partial charge in [0.05, 0.1) is 13.2 Å². The number of ether oxygens (including phenoxy) is 2. The number of piperidine rings is 1. The lowest BCUT2D eigenvalue weighted by Crippen LogP contribution is -2.45. The molecule has 0 bridgehead atoms. The molecule has 1 spiro atoms. The summed E-state index contributed by atoms with van der Waals surface area (Å²) in [7, 11) is 0. The van der Waals surface area contributed by atoms with Crippen LogP contribution in [0.15, 0.2) is 12.4 Å². The first kappa shape index (κ1) is 12.3. The number of aromatic nitrogens is 2. The summed E-state index contributed by atoms with van der Waals surface area (Å²) < 4.78 is 11.5. The van der Waals surface area contributed by atoms with E-state index in [1.807, 2.05) is 6.07 Å². The fourth-order valence-corrected chi connectivity index (χ4v) is 2.90. The Hall–Kier alpha value is -1.40. The van der Waals surface area contributed by atoms with Gasteiger partial charge in [0.2, 0.25) is 0 Å². The summed E-state index contributed by atoms with van der Waals surface area (Å²) in [6, 6.07) is 2.66. The molecule has 108 valence electrons. The van der Waals surface area contributed by atoms with E-state index in [1.54, 1.807) is 6.33 Å². The molecule has 1 saturated carbocycles. The van der Waals surface area contributed by atoms with Gasteiger partial charge in [-0.25, -0.2) is 9.97 Å². The third-order valence-corrected chi connectivity index (χ3v) is 4.24. The molecule has 0 amide bonds. The van der Waals surface area contributed by atoms with Gasteiger partial charge in [0, 0.05) is 38.0 Å². The third-order valence-electron chi connectivity index (χ3n) is 4.24. The van der Waals surface area contributed by atoms with Gasteiger partial charge in [0.25, 0.3) is 0 Å². The Bertz CT molecular complexity index is 476. The SMILES string of the molecule is c1nc(NC2CC2)cc(N2CCC3(CC2)OCCO3)n1. The van der Waals surface area contributed by atoms with E-state index in [-0.39, 0.29) is 5.79 Å². The van der Waals surface area contributed by atoms with Gasteiger partial charge in [-0.3, -0.25) is 0 Å². The average Bonchev–Trinajstić information content (AvgIpc) is 3.18. The van der Waals surface area contributed by atoms with E-state index >= 15 is 0 Å². The second kappa shape index (κ2) is 4.86. The molecular weight excluding hydrogens is 256 g/mol. The topological polar surface area (TPSA) is 59.5 Å². The quantitative estimate of drug-likeness (QED) is 0.900. The van der Waals surface area contributed by atoms with Crippen LogP contribution in [-0.4, -0.2) is 48.1 Å². The highest BCUT2D eigenvalue weighted by Gasteiger charge is 2.40. The Kier molecular flexibility index (Phi) is 3.00. The van der Waals surface area contributed by atoms with E-state index in [4.69, 9.17) is 9.47 Å². The van der Waals surface area contributed by atoms with E-state index in [9.17, 15) is 0 Å². The van der Waals surface area contributed by atoms with Crippen molar-refractivity contribution in [2.45, 2.75) is 37.5 Å². The molecule has 20 heavy (non-hydrogen) atoms. The predicted molar refractivity (Wildman–Crippen MR) is 74.8 cm³/mol. The molecule has 6 heteroatoms. The van der Waals surface area contributed by atoms with Crippen LogP contribution in [0.25, 0.3) is 0 Å². The second-order valence-corrected chi connectivity index (χ2v) is 5.77. The van der Waals surface area contributed by atoms with Crippen molar-refractivity contribution in [3.05, 3.63) is 12.4 Å². The van der Waals surface area contributed by atoms with Gasteiger partial charge >= 0.3 is 0 Å². The minimum absolute atomic E-state index is 0.321. The summed E-state index contributed by atoms with van der Waals surface area (Å²) in [5.74, 6) is 1.61. The van der Waals surface area contributed by atoms with Crippen molar-refractivity contribution >= 4 is 11.6 Å². The van der Waals surface area contributed by atoms with Crippen LogP contribution in [0.5, 0.6) is 0 Å². The highest BCUT2D eigenvalue weighted by molar-refractivity contribution is 5.49. The zero-order valence-corrected chi connectivity index (χ0v) is 11.5. The van der Waals surface area contributed by atoms with Gasteiger partial charge in [-0.2, -0.15) is 0 Å². The Morgan fingerprint density at radius 1 is 1.15 bits per heavy atom. The Balaban J connectivity index is 1.42. The molecule has 0 unspecified atom stereocenters. The smallest absolute Gasteiger partial charge is 0.171 e. The molecule has 3 heterocycles. The maximum atomic E-state index is 5.76. The van der Waals surface area contributed by atoms with Crippen LogP contribution < -0.4 is 10.2 Å². The number of nitrogens with one attached hydrogen (secondary N) is 1. The molecule has 0 radical (unpaired) electrons. The fraction of sp³-hybridized carbons (Fsp3) is 0.714. The van der Waals surface area contributed by atoms with Crippen molar-refractivity contribution in [2.75, 3.05) is 36.5 Å². The van der Waals surface area contributed by atoms with Gasteiger partial charge in [0.15, 0.2) is 5.79 Å². The van der Waals surface area contributed by atoms with E-state index in [0.717, 1.165) is 50.8 Å².